The normalized spacial score (nSPS) is 11.2. The second kappa shape index (κ2) is 9.32. The number of ketones is 2. The van der Waals surface area contributed by atoms with E-state index in [9.17, 15) is 9.59 Å². The van der Waals surface area contributed by atoms with Gasteiger partial charge in [-0.3, -0.25) is 14.2 Å². The number of benzene rings is 4. The standard InChI is InChI=1S/C31H18Cl2N2O2/c32-21-14-10-19(11-15-21)30(36)25-7-3-5-23-24-6-4-8-26(31(37)20-12-16-22(33)17-13-20)29(24)35(28(23)25)27-9-1-2-18-34-27/h1-18H. The van der Waals surface area contributed by atoms with Crippen LogP contribution in [0.2, 0.25) is 10.0 Å². The van der Waals surface area contributed by atoms with Gasteiger partial charge in [-0.2, -0.15) is 0 Å². The van der Waals surface area contributed by atoms with Crippen LogP contribution < -0.4 is 0 Å². The number of hydrogen-bond acceptors (Lipinski definition) is 3. The molecule has 37 heavy (non-hydrogen) atoms. The number of carbonyl (C=O) groups excluding carboxylic acids is 2. The number of nitrogens with zero attached hydrogens (tertiary/aromatic N) is 2. The fraction of sp³-hybridized carbons (Fsp3) is 0. The molecule has 0 aliphatic heterocycles. The molecule has 0 amide bonds. The zero-order valence-electron chi connectivity index (χ0n) is 19.4. The van der Waals surface area contributed by atoms with E-state index in [1.807, 2.05) is 47.0 Å². The Morgan fingerprint density at radius 1 is 0.568 bits per heavy atom. The third kappa shape index (κ3) is 4.01. The van der Waals surface area contributed by atoms with Gasteiger partial charge in [0.2, 0.25) is 0 Å². The van der Waals surface area contributed by atoms with E-state index in [1.54, 1.807) is 66.9 Å². The predicted molar refractivity (Wildman–Crippen MR) is 148 cm³/mol. The van der Waals surface area contributed by atoms with Crippen molar-refractivity contribution in [1.82, 2.24) is 9.55 Å². The molecule has 0 atom stereocenters. The minimum Gasteiger partial charge on any atom is -0.292 e. The molecule has 0 N–H and O–H groups in total. The van der Waals surface area contributed by atoms with Crippen molar-refractivity contribution >= 4 is 56.6 Å². The first-order valence-corrected chi connectivity index (χ1v) is 12.4. The average Bonchev–Trinajstić information content (AvgIpc) is 3.28. The maximum absolute atomic E-state index is 13.7. The van der Waals surface area contributed by atoms with E-state index in [1.165, 1.54) is 0 Å². The van der Waals surface area contributed by atoms with Gasteiger partial charge in [-0.15, -0.1) is 0 Å². The zero-order chi connectivity index (χ0) is 25.5. The van der Waals surface area contributed by atoms with E-state index in [2.05, 4.69) is 4.98 Å². The van der Waals surface area contributed by atoms with Crippen molar-refractivity contribution in [1.29, 1.82) is 0 Å². The monoisotopic (exact) mass is 520 g/mol. The Hall–Kier alpha value is -4.25. The summed E-state index contributed by atoms with van der Waals surface area (Å²) in [5.74, 6) is 0.316. The lowest BCUT2D eigenvalue weighted by Gasteiger charge is -2.12. The van der Waals surface area contributed by atoms with Crippen LogP contribution in [0.4, 0.5) is 0 Å². The summed E-state index contributed by atoms with van der Waals surface area (Å²) in [6.07, 6.45) is 1.69. The summed E-state index contributed by atoms with van der Waals surface area (Å²) in [6.45, 7) is 0. The van der Waals surface area contributed by atoms with E-state index in [4.69, 9.17) is 23.2 Å². The highest BCUT2D eigenvalue weighted by molar-refractivity contribution is 6.31. The highest BCUT2D eigenvalue weighted by atomic mass is 35.5. The van der Waals surface area contributed by atoms with Gasteiger partial charge in [0.05, 0.1) is 11.0 Å². The molecule has 0 spiro atoms. The molecule has 0 aliphatic carbocycles. The Morgan fingerprint density at radius 3 is 1.49 bits per heavy atom. The van der Waals surface area contributed by atoms with Crippen LogP contribution in [0.15, 0.2) is 109 Å². The van der Waals surface area contributed by atoms with Crippen LogP contribution in [0.1, 0.15) is 31.8 Å². The lowest BCUT2D eigenvalue weighted by Crippen LogP contribution is -2.08. The quantitative estimate of drug-likeness (QED) is 0.216. The van der Waals surface area contributed by atoms with E-state index < -0.39 is 0 Å². The molecule has 4 nitrogen and oxygen atoms in total. The lowest BCUT2D eigenvalue weighted by atomic mass is 9.99. The molecule has 0 fully saturated rings. The average molecular weight is 521 g/mol. The van der Waals surface area contributed by atoms with Gasteiger partial charge >= 0.3 is 0 Å². The molecule has 6 rings (SSSR count). The summed E-state index contributed by atoms with van der Waals surface area (Å²) < 4.78 is 1.91. The van der Waals surface area contributed by atoms with E-state index in [-0.39, 0.29) is 11.6 Å². The number of para-hydroxylation sites is 2. The van der Waals surface area contributed by atoms with Crippen LogP contribution in [-0.2, 0) is 0 Å². The van der Waals surface area contributed by atoms with E-state index >= 15 is 0 Å². The summed E-state index contributed by atoms with van der Waals surface area (Å²) >= 11 is 12.1. The molecule has 178 valence electrons. The molecular weight excluding hydrogens is 503 g/mol. The van der Waals surface area contributed by atoms with Crippen molar-refractivity contribution in [3.8, 4) is 5.82 Å². The van der Waals surface area contributed by atoms with Crippen LogP contribution in [0, 0.1) is 0 Å². The van der Waals surface area contributed by atoms with Crippen LogP contribution >= 0.6 is 23.2 Å². The van der Waals surface area contributed by atoms with Crippen molar-refractivity contribution < 1.29 is 9.59 Å². The van der Waals surface area contributed by atoms with Crippen molar-refractivity contribution in [3.63, 3.8) is 0 Å². The number of pyridine rings is 1. The molecule has 0 aliphatic rings. The van der Waals surface area contributed by atoms with E-state index in [0.29, 0.717) is 49.2 Å². The molecular formula is C31H18Cl2N2O2. The first-order chi connectivity index (χ1) is 18.0. The van der Waals surface area contributed by atoms with Crippen molar-refractivity contribution in [3.05, 3.63) is 142 Å². The van der Waals surface area contributed by atoms with Crippen molar-refractivity contribution in [2.24, 2.45) is 0 Å². The Labute approximate surface area is 222 Å². The molecule has 6 heteroatoms. The van der Waals surface area contributed by atoms with Gasteiger partial charge in [0.15, 0.2) is 11.6 Å². The van der Waals surface area contributed by atoms with Gasteiger partial charge < -0.3 is 0 Å². The smallest absolute Gasteiger partial charge is 0.195 e. The van der Waals surface area contributed by atoms with Crippen molar-refractivity contribution in [2.45, 2.75) is 0 Å². The highest BCUT2D eigenvalue weighted by Gasteiger charge is 2.24. The first-order valence-electron chi connectivity index (χ1n) is 11.6. The first kappa shape index (κ1) is 23.2. The molecule has 2 heterocycles. The van der Waals surface area contributed by atoms with Gasteiger partial charge in [0.1, 0.15) is 5.82 Å². The number of aromatic nitrogens is 2. The molecule has 6 aromatic rings. The van der Waals surface area contributed by atoms with Gasteiger partial charge in [-0.1, -0.05) is 53.5 Å². The summed E-state index contributed by atoms with van der Waals surface area (Å²) in [6, 6.07) is 30.5. The number of hydrogen-bond donors (Lipinski definition) is 0. The summed E-state index contributed by atoms with van der Waals surface area (Å²) in [7, 11) is 0. The Morgan fingerprint density at radius 2 is 1.05 bits per heavy atom. The molecule has 2 aromatic heterocycles. The third-order valence-electron chi connectivity index (χ3n) is 6.39. The SMILES string of the molecule is O=C(c1ccc(Cl)cc1)c1cccc2c3cccc(C(=O)c4ccc(Cl)cc4)c3n(-c3ccccn3)c12. The molecule has 0 saturated heterocycles. The van der Waals surface area contributed by atoms with Gasteiger partial charge in [0, 0.05) is 49.3 Å². The minimum absolute atomic E-state index is 0.146. The molecule has 0 saturated carbocycles. The summed E-state index contributed by atoms with van der Waals surface area (Å²) in [4.78, 5) is 32.1. The predicted octanol–water partition coefficient (Wildman–Crippen LogP) is 7.95. The van der Waals surface area contributed by atoms with Gasteiger partial charge in [-0.25, -0.2) is 4.98 Å². The maximum atomic E-state index is 13.7. The molecule has 0 radical (unpaired) electrons. The largest absolute Gasteiger partial charge is 0.292 e. The highest BCUT2D eigenvalue weighted by Crippen LogP contribution is 2.37. The number of rotatable bonds is 5. The second-order valence-electron chi connectivity index (χ2n) is 8.60. The molecule has 4 aromatic carbocycles. The summed E-state index contributed by atoms with van der Waals surface area (Å²) in [5.41, 5.74) is 3.43. The number of carbonyl (C=O) groups is 2. The van der Waals surface area contributed by atoms with Crippen LogP contribution in [0.25, 0.3) is 27.6 Å². The van der Waals surface area contributed by atoms with Crippen LogP contribution in [0.3, 0.4) is 0 Å². The Balaban J connectivity index is 1.69. The molecule has 0 bridgehead atoms. The minimum atomic E-state index is -0.146. The third-order valence-corrected chi connectivity index (χ3v) is 6.89. The Kier molecular flexibility index (Phi) is 5.84. The second-order valence-corrected chi connectivity index (χ2v) is 9.47. The Bertz CT molecular complexity index is 1690. The lowest BCUT2D eigenvalue weighted by molar-refractivity contribution is 0.103. The van der Waals surface area contributed by atoms with Crippen molar-refractivity contribution in [2.75, 3.05) is 0 Å². The zero-order valence-corrected chi connectivity index (χ0v) is 20.9. The fourth-order valence-electron chi connectivity index (χ4n) is 4.71. The maximum Gasteiger partial charge on any atom is 0.195 e. The molecule has 0 unspecified atom stereocenters. The van der Waals surface area contributed by atoms with Gasteiger partial charge in [-0.05, 0) is 72.8 Å². The summed E-state index contributed by atoms with van der Waals surface area (Å²) in [5, 5.41) is 2.82. The number of fused-ring (bicyclic) bond motifs is 3. The van der Waals surface area contributed by atoms with Gasteiger partial charge in [0.25, 0.3) is 0 Å². The van der Waals surface area contributed by atoms with Crippen LogP contribution in [0.5, 0.6) is 0 Å². The topological polar surface area (TPSA) is 52.0 Å². The fourth-order valence-corrected chi connectivity index (χ4v) is 4.96. The van der Waals surface area contributed by atoms with Crippen LogP contribution in [-0.4, -0.2) is 21.1 Å². The van der Waals surface area contributed by atoms with E-state index in [0.717, 1.165) is 10.8 Å². The number of halogens is 2.